The normalized spacial score (nSPS) is 16.2. The number of nitrogens with zero attached hydrogens (tertiary/aromatic N) is 1. The molecule has 1 aliphatic heterocycles. The number of rotatable bonds is 5. The predicted molar refractivity (Wildman–Crippen MR) is 103 cm³/mol. The van der Waals surface area contributed by atoms with E-state index in [0.717, 1.165) is 12.2 Å². The van der Waals surface area contributed by atoms with E-state index in [9.17, 15) is 0 Å². The lowest BCUT2D eigenvalue weighted by molar-refractivity contribution is 0.249. The molecule has 1 aliphatic rings. The molecule has 0 saturated carbocycles. The quantitative estimate of drug-likeness (QED) is 0.795. The molecule has 3 nitrogen and oxygen atoms in total. The van der Waals surface area contributed by atoms with Gasteiger partial charge in [-0.3, -0.25) is 4.90 Å². The summed E-state index contributed by atoms with van der Waals surface area (Å²) in [5.41, 5.74) is 2.27. The topological polar surface area (TPSA) is 27.3 Å². The van der Waals surface area contributed by atoms with Crippen molar-refractivity contribution < 1.29 is 0 Å². The maximum absolute atomic E-state index is 5.48. The monoisotopic (exact) mass is 345 g/mol. The molecule has 0 bridgehead atoms. The standard InChI is InChI=1S/C18H23N3S2/c1-14-7-2-3-8-15(14)20-18(22)19-13-16(17-9-6-12-23-17)21-10-4-5-11-21/h2-3,6-9,12,16H,4-5,10-11,13H2,1H3,(H2,19,20,22)/t16-/m0/s1. The first-order chi connectivity index (χ1) is 11.2. The number of anilines is 1. The molecular weight excluding hydrogens is 322 g/mol. The molecule has 1 aromatic heterocycles. The number of aryl methyl sites for hydroxylation is 1. The number of thiophene rings is 1. The number of para-hydroxylation sites is 1. The Morgan fingerprint density at radius 1 is 1.22 bits per heavy atom. The Balaban J connectivity index is 1.60. The Morgan fingerprint density at radius 2 is 2.00 bits per heavy atom. The summed E-state index contributed by atoms with van der Waals surface area (Å²) in [6.45, 7) is 5.30. The zero-order chi connectivity index (χ0) is 16.1. The van der Waals surface area contributed by atoms with Crippen molar-refractivity contribution in [3.05, 3.63) is 52.2 Å². The minimum atomic E-state index is 0.411. The first kappa shape index (κ1) is 16.4. The number of thiocarbonyl (C=S) groups is 1. The first-order valence-corrected chi connectivity index (χ1v) is 9.41. The van der Waals surface area contributed by atoms with Gasteiger partial charge < -0.3 is 10.6 Å². The molecule has 1 aromatic carbocycles. The van der Waals surface area contributed by atoms with E-state index in [1.165, 1.54) is 36.4 Å². The van der Waals surface area contributed by atoms with Crippen LogP contribution in [-0.2, 0) is 0 Å². The lowest BCUT2D eigenvalue weighted by Gasteiger charge is -2.27. The van der Waals surface area contributed by atoms with Crippen molar-refractivity contribution in [3.63, 3.8) is 0 Å². The van der Waals surface area contributed by atoms with Gasteiger partial charge in [0.15, 0.2) is 5.11 Å². The van der Waals surface area contributed by atoms with Gasteiger partial charge in [-0.15, -0.1) is 11.3 Å². The number of nitrogens with one attached hydrogen (secondary N) is 2. The summed E-state index contributed by atoms with van der Waals surface area (Å²) in [5.74, 6) is 0. The fourth-order valence-corrected chi connectivity index (χ4v) is 4.07. The van der Waals surface area contributed by atoms with E-state index >= 15 is 0 Å². The molecule has 0 unspecified atom stereocenters. The van der Waals surface area contributed by atoms with Crippen LogP contribution in [0.1, 0.15) is 29.3 Å². The van der Waals surface area contributed by atoms with Crippen LogP contribution in [-0.4, -0.2) is 29.6 Å². The SMILES string of the molecule is Cc1ccccc1NC(=S)NC[C@@H](c1cccs1)N1CCCC1. The van der Waals surface area contributed by atoms with Crippen molar-refractivity contribution in [2.24, 2.45) is 0 Å². The van der Waals surface area contributed by atoms with E-state index in [2.05, 4.69) is 52.1 Å². The van der Waals surface area contributed by atoms with Crippen LogP contribution in [0.3, 0.4) is 0 Å². The van der Waals surface area contributed by atoms with Crippen molar-refractivity contribution in [3.8, 4) is 0 Å². The van der Waals surface area contributed by atoms with Gasteiger partial charge in [-0.1, -0.05) is 24.3 Å². The Labute approximate surface area is 147 Å². The average molecular weight is 346 g/mol. The Morgan fingerprint density at radius 3 is 2.70 bits per heavy atom. The highest BCUT2D eigenvalue weighted by molar-refractivity contribution is 7.80. The molecule has 0 aliphatic carbocycles. The van der Waals surface area contributed by atoms with Gasteiger partial charge in [-0.25, -0.2) is 0 Å². The van der Waals surface area contributed by atoms with E-state index in [1.54, 1.807) is 0 Å². The summed E-state index contributed by atoms with van der Waals surface area (Å²) < 4.78 is 0. The zero-order valence-electron chi connectivity index (χ0n) is 13.4. The molecule has 0 spiro atoms. The molecule has 1 fully saturated rings. The number of likely N-dealkylation sites (tertiary alicyclic amines) is 1. The molecule has 2 aromatic rings. The van der Waals surface area contributed by atoms with Crippen LogP contribution in [0.5, 0.6) is 0 Å². The predicted octanol–water partition coefficient (Wildman–Crippen LogP) is 4.18. The Bertz CT molecular complexity index is 633. The van der Waals surface area contributed by atoms with Gasteiger partial charge in [0.25, 0.3) is 0 Å². The van der Waals surface area contributed by atoms with Crippen molar-refractivity contribution in [1.29, 1.82) is 0 Å². The second-order valence-electron chi connectivity index (χ2n) is 5.92. The minimum Gasteiger partial charge on any atom is -0.360 e. The van der Waals surface area contributed by atoms with Crippen LogP contribution in [0, 0.1) is 6.92 Å². The van der Waals surface area contributed by atoms with E-state index in [-0.39, 0.29) is 0 Å². The van der Waals surface area contributed by atoms with Crippen LogP contribution in [0.4, 0.5) is 5.69 Å². The van der Waals surface area contributed by atoms with Gasteiger partial charge in [0.1, 0.15) is 0 Å². The maximum Gasteiger partial charge on any atom is 0.170 e. The molecule has 2 heterocycles. The van der Waals surface area contributed by atoms with Crippen LogP contribution in [0.15, 0.2) is 41.8 Å². The van der Waals surface area contributed by atoms with E-state index in [1.807, 2.05) is 23.5 Å². The van der Waals surface area contributed by atoms with Gasteiger partial charge in [-0.05, 0) is 68.1 Å². The maximum atomic E-state index is 5.48. The molecule has 122 valence electrons. The Kier molecular flexibility index (Phi) is 5.65. The molecular formula is C18H23N3S2. The molecule has 23 heavy (non-hydrogen) atoms. The number of hydrogen-bond acceptors (Lipinski definition) is 3. The number of benzene rings is 1. The third-order valence-corrected chi connectivity index (χ3v) is 5.52. The highest BCUT2D eigenvalue weighted by Crippen LogP contribution is 2.27. The molecule has 1 atom stereocenters. The summed E-state index contributed by atoms with van der Waals surface area (Å²) in [5, 5.41) is 9.57. The molecule has 0 radical (unpaired) electrons. The molecule has 2 N–H and O–H groups in total. The third kappa shape index (κ3) is 4.31. The lowest BCUT2D eigenvalue weighted by Crippen LogP contribution is -2.38. The van der Waals surface area contributed by atoms with Gasteiger partial charge in [0.05, 0.1) is 6.04 Å². The highest BCUT2D eigenvalue weighted by Gasteiger charge is 2.24. The van der Waals surface area contributed by atoms with Crippen LogP contribution >= 0.6 is 23.6 Å². The lowest BCUT2D eigenvalue weighted by atomic mass is 10.2. The van der Waals surface area contributed by atoms with E-state index in [0.29, 0.717) is 11.2 Å². The molecule has 0 amide bonds. The minimum absolute atomic E-state index is 0.411. The van der Waals surface area contributed by atoms with Crippen molar-refractivity contribution >= 4 is 34.4 Å². The fourth-order valence-electron chi connectivity index (χ4n) is 3.01. The van der Waals surface area contributed by atoms with Crippen LogP contribution < -0.4 is 10.6 Å². The van der Waals surface area contributed by atoms with Crippen molar-refractivity contribution in [1.82, 2.24) is 10.2 Å². The largest absolute Gasteiger partial charge is 0.360 e. The Hall–Kier alpha value is -1.43. The molecule has 1 saturated heterocycles. The first-order valence-electron chi connectivity index (χ1n) is 8.12. The second kappa shape index (κ2) is 7.90. The second-order valence-corrected chi connectivity index (χ2v) is 7.31. The van der Waals surface area contributed by atoms with E-state index < -0.39 is 0 Å². The van der Waals surface area contributed by atoms with Crippen LogP contribution in [0.25, 0.3) is 0 Å². The van der Waals surface area contributed by atoms with Gasteiger partial charge in [-0.2, -0.15) is 0 Å². The zero-order valence-corrected chi connectivity index (χ0v) is 15.1. The van der Waals surface area contributed by atoms with E-state index in [4.69, 9.17) is 12.2 Å². The fraction of sp³-hybridized carbons (Fsp3) is 0.389. The van der Waals surface area contributed by atoms with Crippen molar-refractivity contribution in [2.45, 2.75) is 25.8 Å². The average Bonchev–Trinajstić information content (AvgIpc) is 3.23. The van der Waals surface area contributed by atoms with Crippen molar-refractivity contribution in [2.75, 3.05) is 25.0 Å². The smallest absolute Gasteiger partial charge is 0.170 e. The third-order valence-electron chi connectivity index (χ3n) is 4.30. The van der Waals surface area contributed by atoms with Gasteiger partial charge >= 0.3 is 0 Å². The summed E-state index contributed by atoms with van der Waals surface area (Å²) >= 11 is 7.31. The highest BCUT2D eigenvalue weighted by atomic mass is 32.1. The molecule has 5 heteroatoms. The molecule has 3 rings (SSSR count). The van der Waals surface area contributed by atoms with Gasteiger partial charge in [0.2, 0.25) is 0 Å². The van der Waals surface area contributed by atoms with Crippen LogP contribution in [0.2, 0.25) is 0 Å². The van der Waals surface area contributed by atoms with Gasteiger partial charge in [0, 0.05) is 17.1 Å². The summed E-state index contributed by atoms with van der Waals surface area (Å²) in [7, 11) is 0. The number of hydrogen-bond donors (Lipinski definition) is 2. The summed E-state index contributed by atoms with van der Waals surface area (Å²) in [6.07, 6.45) is 2.60. The summed E-state index contributed by atoms with van der Waals surface area (Å²) in [6, 6.07) is 13.0. The summed E-state index contributed by atoms with van der Waals surface area (Å²) in [4.78, 5) is 3.98.